The van der Waals surface area contributed by atoms with E-state index in [1.807, 2.05) is 37.3 Å². The monoisotopic (exact) mass is 266 g/mol. The predicted octanol–water partition coefficient (Wildman–Crippen LogP) is 2.61. The third-order valence-corrected chi connectivity index (χ3v) is 3.11. The maximum absolute atomic E-state index is 6.04. The van der Waals surface area contributed by atoms with Crippen LogP contribution in [0.2, 0.25) is 0 Å². The minimum absolute atomic E-state index is 0.449. The molecule has 0 fully saturated rings. The number of rotatable bonds is 3. The second-order valence-corrected chi connectivity index (χ2v) is 4.59. The summed E-state index contributed by atoms with van der Waals surface area (Å²) >= 11 is 0. The zero-order valence-electron chi connectivity index (χ0n) is 11.1. The van der Waals surface area contributed by atoms with Crippen molar-refractivity contribution in [3.05, 3.63) is 59.7 Å². The van der Waals surface area contributed by atoms with Gasteiger partial charge in [0.25, 0.3) is 5.89 Å². The lowest BCUT2D eigenvalue weighted by molar-refractivity contribution is 0.424. The first-order valence-corrected chi connectivity index (χ1v) is 6.31. The number of para-hydroxylation sites is 1. The van der Waals surface area contributed by atoms with Crippen molar-refractivity contribution in [3.8, 4) is 11.5 Å². The van der Waals surface area contributed by atoms with Crippen molar-refractivity contribution in [1.82, 2.24) is 15.1 Å². The van der Waals surface area contributed by atoms with E-state index in [0.29, 0.717) is 23.8 Å². The molecule has 0 unspecified atom stereocenters. The number of nitrogens with zero attached hydrogens (tertiary/aromatic N) is 3. The summed E-state index contributed by atoms with van der Waals surface area (Å²) in [5.41, 5.74) is 9.52. The molecule has 0 aliphatic rings. The van der Waals surface area contributed by atoms with Gasteiger partial charge in [-0.2, -0.15) is 4.98 Å². The van der Waals surface area contributed by atoms with E-state index in [1.54, 1.807) is 12.4 Å². The minimum atomic E-state index is 0.449. The molecule has 0 amide bonds. The van der Waals surface area contributed by atoms with Gasteiger partial charge in [-0.15, -0.1) is 0 Å². The third kappa shape index (κ3) is 2.38. The summed E-state index contributed by atoms with van der Waals surface area (Å²) in [6.07, 6.45) is 4.11. The number of nitrogen functional groups attached to an aromatic ring is 1. The van der Waals surface area contributed by atoms with E-state index in [2.05, 4.69) is 15.1 Å². The highest BCUT2D eigenvalue weighted by Crippen LogP contribution is 2.26. The lowest BCUT2D eigenvalue weighted by Crippen LogP contribution is -1.94. The van der Waals surface area contributed by atoms with Gasteiger partial charge in [0.05, 0.1) is 5.56 Å². The Morgan fingerprint density at radius 3 is 2.90 bits per heavy atom. The van der Waals surface area contributed by atoms with Gasteiger partial charge in [-0.1, -0.05) is 23.4 Å². The molecule has 1 aromatic carbocycles. The number of aryl methyl sites for hydroxylation is 1. The molecule has 2 heterocycles. The van der Waals surface area contributed by atoms with Crippen molar-refractivity contribution in [1.29, 1.82) is 0 Å². The fraction of sp³-hybridized carbons (Fsp3) is 0.133. The molecule has 0 radical (unpaired) electrons. The highest BCUT2D eigenvalue weighted by Gasteiger charge is 2.12. The lowest BCUT2D eigenvalue weighted by atomic mass is 10.1. The Morgan fingerprint density at radius 1 is 1.20 bits per heavy atom. The minimum Gasteiger partial charge on any atom is -0.398 e. The molecule has 0 spiro atoms. The van der Waals surface area contributed by atoms with E-state index in [1.165, 1.54) is 0 Å². The molecule has 3 aromatic rings. The van der Waals surface area contributed by atoms with E-state index in [-0.39, 0.29) is 0 Å². The average Bonchev–Trinajstić information content (AvgIpc) is 2.91. The summed E-state index contributed by atoms with van der Waals surface area (Å²) < 4.78 is 5.30. The largest absolute Gasteiger partial charge is 0.398 e. The number of hydrogen-bond acceptors (Lipinski definition) is 5. The summed E-state index contributed by atoms with van der Waals surface area (Å²) in [6.45, 7) is 1.95. The van der Waals surface area contributed by atoms with Gasteiger partial charge in [0.15, 0.2) is 5.82 Å². The number of aromatic nitrogens is 3. The highest BCUT2D eigenvalue weighted by molar-refractivity contribution is 5.73. The Bertz CT molecular complexity index is 722. The van der Waals surface area contributed by atoms with Gasteiger partial charge in [-0.3, -0.25) is 4.98 Å². The molecule has 0 aliphatic heterocycles. The first-order valence-electron chi connectivity index (χ1n) is 6.31. The van der Waals surface area contributed by atoms with E-state index < -0.39 is 0 Å². The van der Waals surface area contributed by atoms with Crippen LogP contribution in [0.15, 0.2) is 47.2 Å². The van der Waals surface area contributed by atoms with Gasteiger partial charge in [-0.25, -0.2) is 0 Å². The first kappa shape index (κ1) is 12.3. The van der Waals surface area contributed by atoms with Crippen molar-refractivity contribution in [2.75, 3.05) is 5.73 Å². The Morgan fingerprint density at radius 2 is 2.10 bits per heavy atom. The molecular formula is C15H14N4O. The second-order valence-electron chi connectivity index (χ2n) is 4.59. The number of anilines is 1. The summed E-state index contributed by atoms with van der Waals surface area (Å²) in [6, 6.07) is 9.61. The van der Waals surface area contributed by atoms with E-state index >= 15 is 0 Å². The van der Waals surface area contributed by atoms with Crippen LogP contribution in [-0.4, -0.2) is 15.1 Å². The molecular weight excluding hydrogens is 252 g/mol. The number of pyridine rings is 1. The van der Waals surface area contributed by atoms with Gasteiger partial charge >= 0.3 is 0 Å². The quantitative estimate of drug-likeness (QED) is 0.737. The summed E-state index contributed by atoms with van der Waals surface area (Å²) in [4.78, 5) is 8.46. The van der Waals surface area contributed by atoms with E-state index in [4.69, 9.17) is 10.3 Å². The standard InChI is InChI=1S/C15H14N4O/c1-10-4-2-6-12(14(10)16)15-18-13(19-20-15)8-11-5-3-7-17-9-11/h2-7,9H,8,16H2,1H3. The molecule has 0 bridgehead atoms. The average molecular weight is 266 g/mol. The molecule has 0 saturated heterocycles. The van der Waals surface area contributed by atoms with Gasteiger partial charge in [-0.05, 0) is 30.2 Å². The van der Waals surface area contributed by atoms with Gasteiger partial charge < -0.3 is 10.3 Å². The van der Waals surface area contributed by atoms with Crippen molar-refractivity contribution in [2.45, 2.75) is 13.3 Å². The molecule has 0 atom stereocenters. The van der Waals surface area contributed by atoms with Crippen LogP contribution >= 0.6 is 0 Å². The summed E-state index contributed by atoms with van der Waals surface area (Å²) in [5, 5.41) is 3.99. The van der Waals surface area contributed by atoms with Crippen LogP contribution in [0.4, 0.5) is 5.69 Å². The maximum Gasteiger partial charge on any atom is 0.260 e. The van der Waals surface area contributed by atoms with Crippen LogP contribution in [0.1, 0.15) is 17.0 Å². The van der Waals surface area contributed by atoms with Crippen LogP contribution in [0.3, 0.4) is 0 Å². The lowest BCUT2D eigenvalue weighted by Gasteiger charge is -2.03. The predicted molar refractivity (Wildman–Crippen MR) is 75.9 cm³/mol. The summed E-state index contributed by atoms with van der Waals surface area (Å²) in [5.74, 6) is 1.07. The fourth-order valence-corrected chi connectivity index (χ4v) is 1.99. The number of hydrogen-bond donors (Lipinski definition) is 1. The molecule has 2 N–H and O–H groups in total. The molecule has 5 nitrogen and oxygen atoms in total. The number of nitrogens with two attached hydrogens (primary N) is 1. The van der Waals surface area contributed by atoms with Crippen LogP contribution in [0, 0.1) is 6.92 Å². The molecule has 100 valence electrons. The van der Waals surface area contributed by atoms with Crippen LogP contribution in [0.25, 0.3) is 11.5 Å². The van der Waals surface area contributed by atoms with Gasteiger partial charge in [0.1, 0.15) is 0 Å². The maximum atomic E-state index is 6.04. The Balaban J connectivity index is 1.89. The van der Waals surface area contributed by atoms with Gasteiger partial charge in [0, 0.05) is 24.5 Å². The smallest absolute Gasteiger partial charge is 0.260 e. The Hall–Kier alpha value is -2.69. The zero-order valence-corrected chi connectivity index (χ0v) is 11.1. The van der Waals surface area contributed by atoms with Crippen LogP contribution in [0.5, 0.6) is 0 Å². The molecule has 0 aliphatic carbocycles. The molecule has 2 aromatic heterocycles. The van der Waals surface area contributed by atoms with E-state index in [0.717, 1.165) is 16.7 Å². The molecule has 0 saturated carbocycles. The van der Waals surface area contributed by atoms with Crippen molar-refractivity contribution in [2.24, 2.45) is 0 Å². The third-order valence-electron chi connectivity index (χ3n) is 3.11. The number of benzene rings is 1. The Labute approximate surface area is 116 Å². The van der Waals surface area contributed by atoms with Crippen molar-refractivity contribution >= 4 is 5.69 Å². The van der Waals surface area contributed by atoms with E-state index in [9.17, 15) is 0 Å². The van der Waals surface area contributed by atoms with Crippen LogP contribution < -0.4 is 5.73 Å². The zero-order chi connectivity index (χ0) is 13.9. The van der Waals surface area contributed by atoms with Gasteiger partial charge in [0.2, 0.25) is 0 Å². The second kappa shape index (κ2) is 5.13. The topological polar surface area (TPSA) is 77.8 Å². The van der Waals surface area contributed by atoms with Crippen LogP contribution in [-0.2, 0) is 6.42 Å². The van der Waals surface area contributed by atoms with Crippen molar-refractivity contribution in [3.63, 3.8) is 0 Å². The normalized spacial score (nSPS) is 10.7. The molecule has 20 heavy (non-hydrogen) atoms. The molecule has 5 heteroatoms. The fourth-order valence-electron chi connectivity index (χ4n) is 1.99. The SMILES string of the molecule is Cc1cccc(-c2nc(Cc3cccnc3)no2)c1N. The summed E-state index contributed by atoms with van der Waals surface area (Å²) in [7, 11) is 0. The Kier molecular flexibility index (Phi) is 3.16. The van der Waals surface area contributed by atoms with Crippen molar-refractivity contribution < 1.29 is 4.52 Å². The highest BCUT2D eigenvalue weighted by atomic mass is 16.5. The molecule has 3 rings (SSSR count). The first-order chi connectivity index (χ1) is 9.74.